The van der Waals surface area contributed by atoms with Gasteiger partial charge in [0.05, 0.1) is 17.6 Å². The molecule has 0 aliphatic heterocycles. The Balaban J connectivity index is 1.94. The number of aromatic nitrogens is 2. The van der Waals surface area contributed by atoms with E-state index in [0.29, 0.717) is 5.92 Å². The normalized spacial score (nSPS) is 15.1. The lowest BCUT2D eigenvalue weighted by molar-refractivity contribution is 0.991. The highest BCUT2D eigenvalue weighted by molar-refractivity contribution is 5.58. The van der Waals surface area contributed by atoms with Gasteiger partial charge in [-0.25, -0.2) is 0 Å². The number of benzene rings is 1. The average molecular weight is 210 g/mol. The monoisotopic (exact) mass is 210 g/mol. The van der Waals surface area contributed by atoms with Gasteiger partial charge in [-0.15, -0.1) is 0 Å². The summed E-state index contributed by atoms with van der Waals surface area (Å²) in [6.45, 7) is 2.09. The van der Waals surface area contributed by atoms with Crippen LogP contribution in [0, 0.1) is 6.92 Å². The minimum absolute atomic E-state index is 0.680. The average Bonchev–Trinajstić information content (AvgIpc) is 3.13. The summed E-state index contributed by atoms with van der Waals surface area (Å²) in [5.41, 5.74) is 4.52. The fraction of sp³-hybridized carbons (Fsp3) is 0.286. The fourth-order valence-corrected chi connectivity index (χ4v) is 1.88. The maximum atomic E-state index is 4.49. The van der Waals surface area contributed by atoms with Gasteiger partial charge in [0.1, 0.15) is 0 Å². The lowest BCUT2D eigenvalue weighted by Crippen LogP contribution is -1.91. The van der Waals surface area contributed by atoms with Gasteiger partial charge in [-0.05, 0) is 25.8 Å². The summed E-state index contributed by atoms with van der Waals surface area (Å²) in [7, 11) is 0. The summed E-state index contributed by atoms with van der Waals surface area (Å²) < 4.78 is 0. The SMILES string of the molecule is Cc1cccc(-c2cnc(C3CC3)cn2)c1. The number of aryl methyl sites for hydroxylation is 1. The van der Waals surface area contributed by atoms with Crippen LogP contribution in [0.4, 0.5) is 0 Å². The van der Waals surface area contributed by atoms with Gasteiger partial charge in [-0.1, -0.05) is 23.8 Å². The summed E-state index contributed by atoms with van der Waals surface area (Å²) in [4.78, 5) is 8.97. The Labute approximate surface area is 95.4 Å². The van der Waals surface area contributed by atoms with E-state index < -0.39 is 0 Å². The van der Waals surface area contributed by atoms with Crippen LogP contribution in [0.5, 0.6) is 0 Å². The molecule has 1 aliphatic carbocycles. The molecule has 0 radical (unpaired) electrons. The first-order valence-corrected chi connectivity index (χ1v) is 5.72. The van der Waals surface area contributed by atoms with Crippen LogP contribution >= 0.6 is 0 Å². The molecule has 1 aliphatic rings. The van der Waals surface area contributed by atoms with Crippen LogP contribution in [0.3, 0.4) is 0 Å². The van der Waals surface area contributed by atoms with E-state index in [1.807, 2.05) is 12.4 Å². The molecule has 16 heavy (non-hydrogen) atoms. The third kappa shape index (κ3) is 1.83. The Morgan fingerprint density at radius 2 is 2.00 bits per heavy atom. The molecule has 1 aromatic heterocycles. The molecule has 1 heterocycles. The van der Waals surface area contributed by atoms with E-state index in [1.54, 1.807) is 0 Å². The molecule has 1 fully saturated rings. The molecule has 80 valence electrons. The third-order valence-corrected chi connectivity index (χ3v) is 2.98. The van der Waals surface area contributed by atoms with E-state index in [-0.39, 0.29) is 0 Å². The second kappa shape index (κ2) is 3.71. The van der Waals surface area contributed by atoms with Crippen LogP contribution in [0.1, 0.15) is 30.0 Å². The molecule has 1 aromatic carbocycles. The zero-order chi connectivity index (χ0) is 11.0. The molecule has 1 saturated carbocycles. The minimum Gasteiger partial charge on any atom is -0.257 e. The number of hydrogen-bond acceptors (Lipinski definition) is 2. The van der Waals surface area contributed by atoms with Crippen LogP contribution in [0.2, 0.25) is 0 Å². The maximum Gasteiger partial charge on any atom is 0.0885 e. The highest BCUT2D eigenvalue weighted by Gasteiger charge is 2.25. The second-order valence-corrected chi connectivity index (χ2v) is 4.47. The predicted molar refractivity (Wildman–Crippen MR) is 64.2 cm³/mol. The molecule has 0 bridgehead atoms. The molecule has 0 spiro atoms. The molecular weight excluding hydrogens is 196 g/mol. The Morgan fingerprint density at radius 1 is 1.12 bits per heavy atom. The quantitative estimate of drug-likeness (QED) is 0.759. The van der Waals surface area contributed by atoms with Gasteiger partial charge in [0.25, 0.3) is 0 Å². The van der Waals surface area contributed by atoms with Gasteiger partial charge in [0, 0.05) is 17.7 Å². The lowest BCUT2D eigenvalue weighted by Gasteiger charge is -2.02. The fourth-order valence-electron chi connectivity index (χ4n) is 1.88. The Hall–Kier alpha value is -1.70. The maximum absolute atomic E-state index is 4.49. The molecule has 0 saturated heterocycles. The van der Waals surface area contributed by atoms with Crippen molar-refractivity contribution < 1.29 is 0 Å². The largest absolute Gasteiger partial charge is 0.257 e. The number of rotatable bonds is 2. The molecule has 0 unspecified atom stereocenters. The first kappa shape index (κ1) is 9.52. The molecule has 0 amide bonds. The Bertz CT molecular complexity index is 498. The van der Waals surface area contributed by atoms with E-state index in [4.69, 9.17) is 0 Å². The topological polar surface area (TPSA) is 25.8 Å². The first-order valence-electron chi connectivity index (χ1n) is 5.72. The van der Waals surface area contributed by atoms with Crippen molar-refractivity contribution in [3.8, 4) is 11.3 Å². The zero-order valence-electron chi connectivity index (χ0n) is 9.35. The van der Waals surface area contributed by atoms with Crippen molar-refractivity contribution in [2.45, 2.75) is 25.7 Å². The first-order chi connectivity index (χ1) is 7.83. The number of hydrogen-bond donors (Lipinski definition) is 0. The molecule has 0 N–H and O–H groups in total. The van der Waals surface area contributed by atoms with Gasteiger partial charge in [0.15, 0.2) is 0 Å². The highest BCUT2D eigenvalue weighted by atomic mass is 14.8. The molecular formula is C14H14N2. The van der Waals surface area contributed by atoms with Crippen LogP contribution in [-0.4, -0.2) is 9.97 Å². The van der Waals surface area contributed by atoms with Crippen molar-refractivity contribution in [3.63, 3.8) is 0 Å². The minimum atomic E-state index is 0.680. The summed E-state index contributed by atoms with van der Waals surface area (Å²) in [6.07, 6.45) is 6.37. The molecule has 2 aromatic rings. The standard InChI is InChI=1S/C14H14N2/c1-10-3-2-4-12(7-10)14-9-15-13(8-16-14)11-5-6-11/h2-4,7-9,11H,5-6H2,1H3. The summed E-state index contributed by atoms with van der Waals surface area (Å²) in [5, 5.41) is 0. The highest BCUT2D eigenvalue weighted by Crippen LogP contribution is 2.38. The smallest absolute Gasteiger partial charge is 0.0885 e. The van der Waals surface area contributed by atoms with Gasteiger partial charge in [0.2, 0.25) is 0 Å². The van der Waals surface area contributed by atoms with Crippen LogP contribution in [0.15, 0.2) is 36.7 Å². The van der Waals surface area contributed by atoms with E-state index in [1.165, 1.54) is 18.4 Å². The second-order valence-electron chi connectivity index (χ2n) is 4.47. The summed E-state index contributed by atoms with van der Waals surface area (Å²) in [5.74, 6) is 0.680. The van der Waals surface area contributed by atoms with E-state index in [0.717, 1.165) is 17.0 Å². The van der Waals surface area contributed by atoms with Crippen molar-refractivity contribution >= 4 is 0 Å². The lowest BCUT2D eigenvalue weighted by atomic mass is 10.1. The Morgan fingerprint density at radius 3 is 2.62 bits per heavy atom. The summed E-state index contributed by atoms with van der Waals surface area (Å²) in [6, 6.07) is 8.37. The van der Waals surface area contributed by atoms with Gasteiger partial charge < -0.3 is 0 Å². The van der Waals surface area contributed by atoms with Gasteiger partial charge >= 0.3 is 0 Å². The van der Waals surface area contributed by atoms with Crippen molar-refractivity contribution in [2.24, 2.45) is 0 Å². The summed E-state index contributed by atoms with van der Waals surface area (Å²) >= 11 is 0. The van der Waals surface area contributed by atoms with Crippen molar-refractivity contribution in [1.29, 1.82) is 0 Å². The third-order valence-electron chi connectivity index (χ3n) is 2.98. The predicted octanol–water partition coefficient (Wildman–Crippen LogP) is 3.33. The number of nitrogens with zero attached hydrogens (tertiary/aromatic N) is 2. The van der Waals surface area contributed by atoms with Crippen molar-refractivity contribution in [3.05, 3.63) is 47.9 Å². The van der Waals surface area contributed by atoms with Crippen molar-refractivity contribution in [2.75, 3.05) is 0 Å². The van der Waals surface area contributed by atoms with E-state index in [2.05, 4.69) is 41.2 Å². The van der Waals surface area contributed by atoms with E-state index in [9.17, 15) is 0 Å². The van der Waals surface area contributed by atoms with Gasteiger partial charge in [-0.2, -0.15) is 0 Å². The van der Waals surface area contributed by atoms with Crippen LogP contribution in [0.25, 0.3) is 11.3 Å². The van der Waals surface area contributed by atoms with E-state index >= 15 is 0 Å². The Kier molecular flexibility index (Phi) is 2.21. The van der Waals surface area contributed by atoms with Crippen molar-refractivity contribution in [1.82, 2.24) is 9.97 Å². The zero-order valence-corrected chi connectivity index (χ0v) is 9.35. The molecule has 2 nitrogen and oxygen atoms in total. The molecule has 3 rings (SSSR count). The van der Waals surface area contributed by atoms with Crippen LogP contribution in [-0.2, 0) is 0 Å². The van der Waals surface area contributed by atoms with Gasteiger partial charge in [-0.3, -0.25) is 9.97 Å². The van der Waals surface area contributed by atoms with Crippen LogP contribution < -0.4 is 0 Å². The molecule has 0 atom stereocenters. The molecule has 2 heteroatoms.